The summed E-state index contributed by atoms with van der Waals surface area (Å²) in [6, 6.07) is 9.92. The lowest BCUT2D eigenvalue weighted by molar-refractivity contribution is -0.0242. The maximum Gasteiger partial charge on any atom is 0.161 e. The Kier molecular flexibility index (Phi) is 2.73. The first-order valence-electron chi connectivity index (χ1n) is 5.17. The molecule has 0 radical (unpaired) electrons. The van der Waals surface area contributed by atoms with Crippen LogP contribution in [0, 0.1) is 5.92 Å². The molecule has 0 unspecified atom stereocenters. The fourth-order valence-corrected chi connectivity index (χ4v) is 1.88. The van der Waals surface area contributed by atoms with Crippen LogP contribution in [0.3, 0.4) is 0 Å². The molecule has 1 aromatic rings. The van der Waals surface area contributed by atoms with Crippen LogP contribution in [-0.4, -0.2) is 23.0 Å². The molecule has 0 bridgehead atoms. The highest BCUT2D eigenvalue weighted by Gasteiger charge is 2.34. The first-order valence-corrected chi connectivity index (χ1v) is 5.17. The molecule has 1 aliphatic rings. The lowest BCUT2D eigenvalue weighted by atomic mass is 9.92. The molecule has 2 rings (SSSR count). The summed E-state index contributed by atoms with van der Waals surface area (Å²) in [6.45, 7) is 3.75. The fourth-order valence-electron chi connectivity index (χ4n) is 1.88. The summed E-state index contributed by atoms with van der Waals surface area (Å²) < 4.78 is 0. The Morgan fingerprint density at radius 3 is 2.53 bits per heavy atom. The van der Waals surface area contributed by atoms with E-state index in [1.54, 1.807) is 6.92 Å². The quantitative estimate of drug-likeness (QED) is 0.800. The van der Waals surface area contributed by atoms with E-state index in [0.29, 0.717) is 0 Å². The van der Waals surface area contributed by atoms with Gasteiger partial charge in [-0.1, -0.05) is 42.4 Å². The van der Waals surface area contributed by atoms with Crippen molar-refractivity contribution in [1.82, 2.24) is 0 Å². The van der Waals surface area contributed by atoms with Gasteiger partial charge in [0.05, 0.1) is 11.8 Å². The molecule has 1 aliphatic heterocycles. The van der Waals surface area contributed by atoms with Gasteiger partial charge in [0.25, 0.3) is 0 Å². The predicted octanol–water partition coefficient (Wildman–Crippen LogP) is 1.81. The first kappa shape index (κ1) is 10.2. The first-order chi connectivity index (χ1) is 7.20. The van der Waals surface area contributed by atoms with E-state index in [1.165, 1.54) is 0 Å². The summed E-state index contributed by atoms with van der Waals surface area (Å²) in [5, 5.41) is 13.5. The molecule has 3 nitrogen and oxygen atoms in total. The minimum absolute atomic E-state index is 0.132. The molecule has 0 aromatic heterocycles. The van der Waals surface area contributed by atoms with Gasteiger partial charge < -0.3 is 9.94 Å². The maximum atomic E-state index is 9.49. The van der Waals surface area contributed by atoms with Crippen LogP contribution in [0.25, 0.3) is 0 Å². The Hall–Kier alpha value is -1.35. The summed E-state index contributed by atoms with van der Waals surface area (Å²) in [4.78, 5) is 5.23. The summed E-state index contributed by atoms with van der Waals surface area (Å²) in [5.74, 6) is 0.132. The molecule has 1 N–H and O–H groups in total. The van der Waals surface area contributed by atoms with E-state index < -0.39 is 6.10 Å². The van der Waals surface area contributed by atoms with Gasteiger partial charge in [-0.05, 0) is 12.5 Å². The van der Waals surface area contributed by atoms with Crippen molar-refractivity contribution < 1.29 is 9.94 Å². The number of benzene rings is 1. The van der Waals surface area contributed by atoms with Crippen molar-refractivity contribution in [3.63, 3.8) is 0 Å². The van der Waals surface area contributed by atoms with Crippen LogP contribution in [0.2, 0.25) is 0 Å². The Morgan fingerprint density at radius 1 is 1.33 bits per heavy atom. The van der Waals surface area contributed by atoms with Crippen molar-refractivity contribution in [2.45, 2.75) is 26.1 Å². The Bertz CT molecular complexity index is 359. The van der Waals surface area contributed by atoms with Crippen molar-refractivity contribution >= 4 is 5.71 Å². The zero-order valence-corrected chi connectivity index (χ0v) is 8.92. The largest absolute Gasteiger partial charge is 0.389 e. The molecule has 3 heteroatoms. The van der Waals surface area contributed by atoms with Crippen molar-refractivity contribution in [3.8, 4) is 0 Å². The third kappa shape index (κ3) is 1.88. The average molecular weight is 205 g/mol. The number of rotatable bonds is 2. The van der Waals surface area contributed by atoms with E-state index in [1.807, 2.05) is 37.3 Å². The molecule has 0 amide bonds. The molecule has 3 atom stereocenters. The van der Waals surface area contributed by atoms with Gasteiger partial charge in [-0.2, -0.15) is 0 Å². The highest BCUT2D eigenvalue weighted by Crippen LogP contribution is 2.24. The summed E-state index contributed by atoms with van der Waals surface area (Å²) in [5.41, 5.74) is 1.98. The van der Waals surface area contributed by atoms with E-state index in [4.69, 9.17) is 4.84 Å². The van der Waals surface area contributed by atoms with Crippen LogP contribution in [0.1, 0.15) is 19.4 Å². The van der Waals surface area contributed by atoms with Gasteiger partial charge in [-0.3, -0.25) is 0 Å². The van der Waals surface area contributed by atoms with Gasteiger partial charge >= 0.3 is 0 Å². The maximum absolute atomic E-state index is 9.49. The van der Waals surface area contributed by atoms with Gasteiger partial charge in [-0.25, -0.2) is 0 Å². The average Bonchev–Trinajstić information content (AvgIpc) is 2.61. The zero-order valence-electron chi connectivity index (χ0n) is 8.92. The van der Waals surface area contributed by atoms with Crippen LogP contribution in [-0.2, 0) is 4.84 Å². The standard InChI is InChI=1S/C12H15NO2/c1-8-11(10-6-4-3-5-7-10)13-15-12(8)9(2)14/h3-9,12,14H,1-2H3/t8-,9-,12-/m1/s1. The highest BCUT2D eigenvalue weighted by atomic mass is 16.7. The minimum atomic E-state index is -0.495. The van der Waals surface area contributed by atoms with E-state index in [9.17, 15) is 5.11 Å². The molecule has 80 valence electrons. The lowest BCUT2D eigenvalue weighted by Gasteiger charge is -2.16. The van der Waals surface area contributed by atoms with Gasteiger partial charge in [0.15, 0.2) is 6.10 Å². The van der Waals surface area contributed by atoms with E-state index in [2.05, 4.69) is 5.16 Å². The van der Waals surface area contributed by atoms with Crippen LogP contribution < -0.4 is 0 Å². The number of hydrogen-bond donors (Lipinski definition) is 1. The normalized spacial score (nSPS) is 27.0. The third-order valence-corrected chi connectivity index (χ3v) is 2.74. The summed E-state index contributed by atoms with van der Waals surface area (Å²) >= 11 is 0. The molecule has 0 saturated carbocycles. The topological polar surface area (TPSA) is 41.8 Å². The van der Waals surface area contributed by atoms with Gasteiger partial charge in [0.2, 0.25) is 0 Å². The smallest absolute Gasteiger partial charge is 0.161 e. The van der Waals surface area contributed by atoms with E-state index in [-0.39, 0.29) is 12.0 Å². The number of nitrogens with zero attached hydrogens (tertiary/aromatic N) is 1. The van der Waals surface area contributed by atoms with E-state index in [0.717, 1.165) is 11.3 Å². The molecular formula is C12H15NO2. The molecule has 0 fully saturated rings. The Balaban J connectivity index is 2.20. The van der Waals surface area contributed by atoms with Gasteiger partial charge in [-0.15, -0.1) is 0 Å². The highest BCUT2D eigenvalue weighted by molar-refractivity contribution is 6.02. The number of aliphatic hydroxyl groups is 1. The van der Waals surface area contributed by atoms with Crippen LogP contribution in [0.4, 0.5) is 0 Å². The van der Waals surface area contributed by atoms with Crippen molar-refractivity contribution in [2.24, 2.45) is 11.1 Å². The molecule has 1 heterocycles. The SMILES string of the molecule is C[C@@H]1C(c2ccccc2)=NO[C@H]1[C@@H](C)O. The molecule has 15 heavy (non-hydrogen) atoms. The molecular weight excluding hydrogens is 190 g/mol. The second kappa shape index (κ2) is 4.03. The van der Waals surface area contributed by atoms with Gasteiger partial charge in [0.1, 0.15) is 0 Å². The predicted molar refractivity (Wildman–Crippen MR) is 58.7 cm³/mol. The number of oxime groups is 1. The molecule has 1 aromatic carbocycles. The minimum Gasteiger partial charge on any atom is -0.389 e. The van der Waals surface area contributed by atoms with Crippen LogP contribution in [0.5, 0.6) is 0 Å². The van der Waals surface area contributed by atoms with Crippen LogP contribution >= 0.6 is 0 Å². The van der Waals surface area contributed by atoms with Gasteiger partial charge in [0, 0.05) is 5.92 Å². The molecule has 0 spiro atoms. The van der Waals surface area contributed by atoms with Crippen molar-refractivity contribution in [3.05, 3.63) is 35.9 Å². The second-order valence-corrected chi connectivity index (χ2v) is 3.94. The van der Waals surface area contributed by atoms with E-state index >= 15 is 0 Å². The third-order valence-electron chi connectivity index (χ3n) is 2.74. The number of aliphatic hydroxyl groups excluding tert-OH is 1. The molecule has 0 saturated heterocycles. The number of hydrogen-bond acceptors (Lipinski definition) is 3. The lowest BCUT2D eigenvalue weighted by Crippen LogP contribution is -2.31. The van der Waals surface area contributed by atoms with Crippen molar-refractivity contribution in [1.29, 1.82) is 0 Å². The van der Waals surface area contributed by atoms with Crippen molar-refractivity contribution in [2.75, 3.05) is 0 Å². The monoisotopic (exact) mass is 205 g/mol. The Labute approximate surface area is 89.4 Å². The summed E-state index contributed by atoms with van der Waals surface area (Å²) in [7, 11) is 0. The van der Waals surface area contributed by atoms with Crippen LogP contribution in [0.15, 0.2) is 35.5 Å². The Morgan fingerprint density at radius 2 is 2.00 bits per heavy atom. The summed E-state index contributed by atoms with van der Waals surface area (Å²) in [6.07, 6.45) is -0.717. The second-order valence-electron chi connectivity index (χ2n) is 3.94. The fraction of sp³-hybridized carbons (Fsp3) is 0.417. The zero-order chi connectivity index (χ0) is 10.8. The molecule has 0 aliphatic carbocycles.